The Kier molecular flexibility index (Phi) is 12.0. The van der Waals surface area contributed by atoms with E-state index < -0.39 is 23.6 Å². The Morgan fingerprint density at radius 3 is 1.00 bits per heavy atom. The summed E-state index contributed by atoms with van der Waals surface area (Å²) in [6, 6.07) is 0. The number of hydrogen-bond donors (Lipinski definition) is 4. The van der Waals surface area contributed by atoms with Crippen molar-refractivity contribution in [1.82, 2.24) is 21.3 Å². The Morgan fingerprint density at radius 1 is 0.619 bits per heavy atom. The molecule has 21 heavy (non-hydrogen) atoms. The summed E-state index contributed by atoms with van der Waals surface area (Å²) in [4.78, 5) is 44.9. The molecule has 1 saturated heterocycles. The molecule has 0 aliphatic carbocycles. The SMILES string of the molecule is O=C1NCCCNC(=O)C(=O)NCCCNC1=O.[Cl][Ni][Cl]. The van der Waals surface area contributed by atoms with E-state index in [1.165, 1.54) is 0 Å². The molecule has 0 spiro atoms. The van der Waals surface area contributed by atoms with E-state index in [4.69, 9.17) is 20.4 Å². The molecule has 11 heteroatoms. The third-order valence-electron chi connectivity index (χ3n) is 2.26. The molecule has 0 saturated carbocycles. The second-order valence-corrected chi connectivity index (χ2v) is 5.41. The van der Waals surface area contributed by atoms with Gasteiger partial charge in [-0.1, -0.05) is 0 Å². The predicted octanol–water partition coefficient (Wildman–Crippen LogP) is -1.38. The molecular formula is C10H16Cl2N4NiO4. The van der Waals surface area contributed by atoms with Crippen LogP contribution in [-0.4, -0.2) is 49.8 Å². The Labute approximate surface area is 136 Å². The molecule has 0 atom stereocenters. The van der Waals surface area contributed by atoms with Crippen molar-refractivity contribution in [1.29, 1.82) is 0 Å². The van der Waals surface area contributed by atoms with Crippen LogP contribution in [0.15, 0.2) is 0 Å². The molecule has 0 aromatic rings. The van der Waals surface area contributed by atoms with Crippen molar-refractivity contribution >= 4 is 44.0 Å². The Hall–Kier alpha value is -1.05. The van der Waals surface area contributed by atoms with Crippen LogP contribution in [0.25, 0.3) is 0 Å². The maximum atomic E-state index is 11.2. The van der Waals surface area contributed by atoms with Crippen molar-refractivity contribution in [2.24, 2.45) is 0 Å². The van der Waals surface area contributed by atoms with E-state index in [-0.39, 0.29) is 26.2 Å². The van der Waals surface area contributed by atoms with Crippen molar-refractivity contribution in [2.75, 3.05) is 26.2 Å². The molecule has 0 bridgehead atoms. The fraction of sp³-hybridized carbons (Fsp3) is 0.600. The number of amides is 4. The summed E-state index contributed by atoms with van der Waals surface area (Å²) in [5, 5.41) is 9.64. The number of halogens is 2. The van der Waals surface area contributed by atoms with Gasteiger partial charge in [-0.2, -0.15) is 0 Å². The van der Waals surface area contributed by atoms with Gasteiger partial charge < -0.3 is 21.3 Å². The minimum absolute atomic E-state index is 0.258. The minimum atomic E-state index is -0.692. The third kappa shape index (κ3) is 10.3. The molecule has 124 valence electrons. The first kappa shape index (κ1) is 20.0. The van der Waals surface area contributed by atoms with Gasteiger partial charge in [-0.05, 0) is 12.8 Å². The molecule has 1 rings (SSSR count). The van der Waals surface area contributed by atoms with Gasteiger partial charge in [0, 0.05) is 26.2 Å². The Balaban J connectivity index is 0.00000122. The summed E-state index contributed by atoms with van der Waals surface area (Å²) < 4.78 is 0. The number of hydrogen-bond acceptors (Lipinski definition) is 4. The van der Waals surface area contributed by atoms with Gasteiger partial charge in [0.05, 0.1) is 0 Å². The van der Waals surface area contributed by atoms with E-state index in [1.54, 1.807) is 0 Å². The van der Waals surface area contributed by atoms with Crippen molar-refractivity contribution < 1.29 is 31.8 Å². The molecule has 1 aliphatic rings. The van der Waals surface area contributed by atoms with Crippen molar-refractivity contribution in [3.05, 3.63) is 0 Å². The zero-order valence-electron chi connectivity index (χ0n) is 10.9. The van der Waals surface area contributed by atoms with Gasteiger partial charge in [-0.25, -0.2) is 0 Å². The van der Waals surface area contributed by atoms with Gasteiger partial charge in [0.25, 0.3) is 0 Å². The predicted molar refractivity (Wildman–Crippen MR) is 73.0 cm³/mol. The molecule has 4 amide bonds. The zero-order valence-corrected chi connectivity index (χ0v) is 13.4. The summed E-state index contributed by atoms with van der Waals surface area (Å²) in [6.45, 7) is 1.03. The fourth-order valence-electron chi connectivity index (χ4n) is 1.31. The van der Waals surface area contributed by atoms with Gasteiger partial charge in [-0.3, -0.25) is 19.2 Å². The summed E-state index contributed by atoms with van der Waals surface area (Å²) in [7, 11) is 9.40. The summed E-state index contributed by atoms with van der Waals surface area (Å²) >= 11 is 0.569. The van der Waals surface area contributed by atoms with Gasteiger partial charge in [-0.15, -0.1) is 0 Å². The summed E-state index contributed by atoms with van der Waals surface area (Å²) in [5.41, 5.74) is 0. The summed E-state index contributed by atoms with van der Waals surface area (Å²) in [5.74, 6) is -2.77. The molecule has 1 aliphatic heterocycles. The molecule has 0 aromatic carbocycles. The van der Waals surface area contributed by atoms with E-state index in [0.717, 1.165) is 0 Å². The van der Waals surface area contributed by atoms with Crippen LogP contribution >= 0.6 is 20.4 Å². The van der Waals surface area contributed by atoms with Gasteiger partial charge in [0.2, 0.25) is 0 Å². The quantitative estimate of drug-likeness (QED) is 0.304. The van der Waals surface area contributed by atoms with Crippen LogP contribution in [0.2, 0.25) is 0 Å². The summed E-state index contributed by atoms with van der Waals surface area (Å²) in [6.07, 6.45) is 0.885. The van der Waals surface area contributed by atoms with Crippen LogP contribution in [0.3, 0.4) is 0 Å². The van der Waals surface area contributed by atoms with E-state index in [0.29, 0.717) is 25.5 Å². The molecule has 4 N–H and O–H groups in total. The van der Waals surface area contributed by atoms with Crippen LogP contribution in [0.5, 0.6) is 0 Å². The van der Waals surface area contributed by atoms with Crippen LogP contribution < -0.4 is 21.3 Å². The molecule has 0 radical (unpaired) electrons. The first-order valence-electron chi connectivity index (χ1n) is 5.97. The van der Waals surface area contributed by atoms with Crippen LogP contribution in [0.1, 0.15) is 12.8 Å². The number of carbonyl (C=O) groups excluding carboxylic acids is 4. The van der Waals surface area contributed by atoms with Crippen LogP contribution in [-0.2, 0) is 31.8 Å². The number of carbonyl (C=O) groups is 4. The second-order valence-electron chi connectivity index (χ2n) is 3.78. The standard InChI is InChI=1S/C10H16N4O4.2ClH.Ni/c15-7-9(17)13-5-2-6-14-10(18)8(16)12-4-1-3-11-7;;;/h1-6H2,(H,11,15)(H,12,16)(H,13,17)(H,14,18);2*1H;/q;;;+2/p-2. The van der Waals surface area contributed by atoms with E-state index >= 15 is 0 Å². The molecule has 0 unspecified atom stereocenters. The van der Waals surface area contributed by atoms with E-state index in [9.17, 15) is 19.2 Å². The van der Waals surface area contributed by atoms with Gasteiger partial charge >= 0.3 is 56.7 Å². The average molecular weight is 386 g/mol. The Morgan fingerprint density at radius 2 is 0.810 bits per heavy atom. The second kappa shape index (κ2) is 12.7. The zero-order chi connectivity index (χ0) is 16.1. The molecular weight excluding hydrogens is 370 g/mol. The third-order valence-corrected chi connectivity index (χ3v) is 2.26. The van der Waals surface area contributed by atoms with E-state index in [2.05, 4.69) is 21.3 Å². The van der Waals surface area contributed by atoms with Gasteiger partial charge in [0.15, 0.2) is 0 Å². The maximum absolute atomic E-state index is 11.2. The molecule has 8 nitrogen and oxygen atoms in total. The van der Waals surface area contributed by atoms with Crippen molar-refractivity contribution in [3.8, 4) is 0 Å². The number of nitrogens with one attached hydrogen (secondary N) is 4. The van der Waals surface area contributed by atoms with Crippen LogP contribution in [0.4, 0.5) is 0 Å². The van der Waals surface area contributed by atoms with Crippen molar-refractivity contribution in [2.45, 2.75) is 12.8 Å². The van der Waals surface area contributed by atoms with Crippen LogP contribution in [0, 0.1) is 0 Å². The molecule has 1 fully saturated rings. The normalized spacial score (nSPS) is 18.2. The number of rotatable bonds is 0. The topological polar surface area (TPSA) is 116 Å². The van der Waals surface area contributed by atoms with E-state index in [1.807, 2.05) is 0 Å². The average Bonchev–Trinajstić information content (AvgIpc) is 2.45. The first-order valence-corrected chi connectivity index (χ1v) is 8.69. The van der Waals surface area contributed by atoms with Gasteiger partial charge in [0.1, 0.15) is 0 Å². The fourth-order valence-corrected chi connectivity index (χ4v) is 1.31. The van der Waals surface area contributed by atoms with Crippen molar-refractivity contribution in [3.63, 3.8) is 0 Å². The molecule has 1 heterocycles. The Bertz CT molecular complexity index is 318. The monoisotopic (exact) mass is 384 g/mol. The first-order chi connectivity index (χ1) is 10.0. The molecule has 0 aromatic heterocycles.